The van der Waals surface area contributed by atoms with Gasteiger partial charge in [0, 0.05) is 43.5 Å². The highest BCUT2D eigenvalue weighted by Crippen LogP contribution is 2.23. The summed E-state index contributed by atoms with van der Waals surface area (Å²) in [6, 6.07) is 13.7. The molecule has 2 heterocycles. The molecule has 10 nitrogen and oxygen atoms in total. The number of aromatic amines is 1. The van der Waals surface area contributed by atoms with Crippen LogP contribution in [0.3, 0.4) is 0 Å². The lowest BCUT2D eigenvalue weighted by atomic mass is 10.0. The van der Waals surface area contributed by atoms with E-state index in [-0.39, 0.29) is 12.8 Å². The van der Waals surface area contributed by atoms with Crippen LogP contribution in [0.4, 0.5) is 4.79 Å². The van der Waals surface area contributed by atoms with Gasteiger partial charge in [-0.1, -0.05) is 48.5 Å². The van der Waals surface area contributed by atoms with Gasteiger partial charge in [-0.3, -0.25) is 14.5 Å². The number of amides is 3. The van der Waals surface area contributed by atoms with Crippen molar-refractivity contribution in [1.82, 2.24) is 20.1 Å². The van der Waals surface area contributed by atoms with Gasteiger partial charge in [-0.15, -0.1) is 0 Å². The quantitative estimate of drug-likeness (QED) is 0.364. The largest absolute Gasteiger partial charge is 0.480 e. The number of aromatic nitrogens is 1. The third-order valence-electron chi connectivity index (χ3n) is 7.27. The van der Waals surface area contributed by atoms with Crippen molar-refractivity contribution >= 4 is 34.8 Å². The molecule has 0 aliphatic carbocycles. The number of ether oxygens (including phenoxy) is 1. The van der Waals surface area contributed by atoms with Crippen LogP contribution in [0.5, 0.6) is 0 Å². The van der Waals surface area contributed by atoms with Gasteiger partial charge in [0.1, 0.15) is 23.7 Å². The number of benzene rings is 2. The van der Waals surface area contributed by atoms with Gasteiger partial charge in [0.25, 0.3) is 0 Å². The van der Waals surface area contributed by atoms with E-state index in [4.69, 9.17) is 4.74 Å². The standard InChI is InChI=1S/C31H38N4O6/c1-31(2,3)41-30(40)35-16-10-15-25(35)27(36)33-24(18-21-19-32-23-14-9-8-13-22(21)23)28(37)34(4)26(29(38)39)17-20-11-6-5-7-12-20/h5-9,11-14,19,24-26,32H,10,15-18H2,1-4H3,(H,33,36)(H,38,39)/t24-,25+,26+/m1/s1. The first-order chi connectivity index (χ1) is 19.4. The van der Waals surface area contributed by atoms with E-state index in [0.29, 0.717) is 19.4 Å². The fourth-order valence-corrected chi connectivity index (χ4v) is 5.19. The number of rotatable bonds is 9. The van der Waals surface area contributed by atoms with E-state index in [2.05, 4.69) is 10.3 Å². The maximum Gasteiger partial charge on any atom is 0.410 e. The average molecular weight is 563 g/mol. The molecular weight excluding hydrogens is 524 g/mol. The summed E-state index contributed by atoms with van der Waals surface area (Å²) in [5.74, 6) is -2.16. The Morgan fingerprint density at radius 3 is 2.44 bits per heavy atom. The second kappa shape index (κ2) is 12.4. The van der Waals surface area contributed by atoms with Crippen LogP contribution >= 0.6 is 0 Å². The zero-order valence-corrected chi connectivity index (χ0v) is 23.9. The van der Waals surface area contributed by atoms with Crippen molar-refractivity contribution in [2.45, 2.75) is 70.2 Å². The second-order valence-electron chi connectivity index (χ2n) is 11.4. The Labute approximate surface area is 239 Å². The van der Waals surface area contributed by atoms with E-state index >= 15 is 0 Å². The van der Waals surface area contributed by atoms with E-state index in [0.717, 1.165) is 22.0 Å². The number of hydrogen-bond donors (Lipinski definition) is 3. The van der Waals surface area contributed by atoms with Crippen LogP contribution in [0.1, 0.15) is 44.7 Å². The van der Waals surface area contributed by atoms with E-state index in [1.807, 2.05) is 54.6 Å². The van der Waals surface area contributed by atoms with Gasteiger partial charge in [-0.05, 0) is 50.8 Å². The van der Waals surface area contributed by atoms with Crippen LogP contribution in [0.15, 0.2) is 60.8 Å². The first kappa shape index (κ1) is 29.6. The van der Waals surface area contributed by atoms with Crippen LogP contribution in [-0.4, -0.2) is 81.1 Å². The number of para-hydroxylation sites is 1. The number of nitrogens with one attached hydrogen (secondary N) is 2. The highest BCUT2D eigenvalue weighted by atomic mass is 16.6. The van der Waals surface area contributed by atoms with Crippen LogP contribution in [0.2, 0.25) is 0 Å². The molecule has 0 radical (unpaired) electrons. The van der Waals surface area contributed by atoms with Gasteiger partial charge in [-0.2, -0.15) is 0 Å². The molecule has 1 aliphatic heterocycles. The van der Waals surface area contributed by atoms with Crippen molar-refractivity contribution < 1.29 is 29.0 Å². The summed E-state index contributed by atoms with van der Waals surface area (Å²) in [6.45, 7) is 5.65. The molecule has 0 unspecified atom stereocenters. The van der Waals surface area contributed by atoms with Crippen LogP contribution < -0.4 is 5.32 Å². The molecule has 2 aromatic carbocycles. The topological polar surface area (TPSA) is 132 Å². The highest BCUT2D eigenvalue weighted by molar-refractivity contribution is 5.94. The Balaban J connectivity index is 1.59. The number of fused-ring (bicyclic) bond motifs is 1. The Bertz CT molecular complexity index is 1400. The molecule has 218 valence electrons. The smallest absolute Gasteiger partial charge is 0.410 e. The van der Waals surface area contributed by atoms with Crippen molar-refractivity contribution in [3.05, 3.63) is 71.9 Å². The lowest BCUT2D eigenvalue weighted by molar-refractivity contribution is -0.150. The molecule has 0 bridgehead atoms. The molecule has 4 rings (SSSR count). The minimum absolute atomic E-state index is 0.112. The van der Waals surface area contributed by atoms with Gasteiger partial charge in [-0.25, -0.2) is 9.59 Å². The molecule has 41 heavy (non-hydrogen) atoms. The van der Waals surface area contributed by atoms with Crippen molar-refractivity contribution in [2.75, 3.05) is 13.6 Å². The zero-order chi connectivity index (χ0) is 29.7. The summed E-state index contributed by atoms with van der Waals surface area (Å²) in [4.78, 5) is 58.4. The molecule has 0 spiro atoms. The number of carboxylic acid groups (broad SMARTS) is 1. The summed E-state index contributed by atoms with van der Waals surface area (Å²) >= 11 is 0. The van der Waals surface area contributed by atoms with Crippen molar-refractivity contribution in [2.24, 2.45) is 0 Å². The summed E-state index contributed by atoms with van der Waals surface area (Å²) in [6.07, 6.45) is 2.51. The number of likely N-dealkylation sites (tertiary alicyclic amines) is 1. The zero-order valence-electron chi connectivity index (χ0n) is 23.9. The molecule has 1 saturated heterocycles. The Hall–Kier alpha value is -4.34. The molecule has 3 amide bonds. The number of carbonyl (C=O) groups excluding carboxylic acids is 3. The molecule has 10 heteroatoms. The molecule has 3 atom stereocenters. The maximum absolute atomic E-state index is 13.9. The van der Waals surface area contributed by atoms with E-state index in [9.17, 15) is 24.3 Å². The van der Waals surface area contributed by atoms with Crippen LogP contribution in [0.25, 0.3) is 10.9 Å². The Kier molecular flexibility index (Phi) is 9.00. The number of carbonyl (C=O) groups is 4. The number of aliphatic carboxylic acids is 1. The van der Waals surface area contributed by atoms with Gasteiger partial charge in [0.15, 0.2) is 0 Å². The van der Waals surface area contributed by atoms with E-state index in [1.54, 1.807) is 27.0 Å². The Morgan fingerprint density at radius 1 is 1.07 bits per heavy atom. The number of hydrogen-bond acceptors (Lipinski definition) is 5. The molecule has 0 saturated carbocycles. The highest BCUT2D eigenvalue weighted by Gasteiger charge is 2.39. The molecule has 3 N–H and O–H groups in total. The SMILES string of the molecule is CN(C(=O)[C@@H](Cc1c[nH]c2ccccc12)NC(=O)[C@@H]1CCCN1C(=O)OC(C)(C)C)[C@@H](Cc1ccccc1)C(=O)O. The molecule has 1 fully saturated rings. The van der Waals surface area contributed by atoms with Gasteiger partial charge >= 0.3 is 12.1 Å². The van der Waals surface area contributed by atoms with Gasteiger partial charge < -0.3 is 25.0 Å². The third-order valence-corrected chi connectivity index (χ3v) is 7.27. The van der Waals surface area contributed by atoms with E-state index < -0.39 is 47.6 Å². The monoisotopic (exact) mass is 562 g/mol. The third kappa shape index (κ3) is 7.25. The van der Waals surface area contributed by atoms with Crippen molar-refractivity contribution in [3.8, 4) is 0 Å². The number of nitrogens with zero attached hydrogens (tertiary/aromatic N) is 2. The van der Waals surface area contributed by atoms with Crippen molar-refractivity contribution in [1.29, 1.82) is 0 Å². The average Bonchev–Trinajstić information content (AvgIpc) is 3.58. The molecule has 1 aromatic heterocycles. The molecule has 3 aromatic rings. The minimum Gasteiger partial charge on any atom is -0.480 e. The number of likely N-dealkylation sites (N-methyl/N-ethyl adjacent to an activating group) is 1. The number of carboxylic acids is 1. The summed E-state index contributed by atoms with van der Waals surface area (Å²) < 4.78 is 5.50. The fraction of sp³-hybridized carbons (Fsp3) is 0.419. The Morgan fingerprint density at radius 2 is 1.76 bits per heavy atom. The van der Waals surface area contributed by atoms with E-state index in [1.165, 1.54) is 16.8 Å². The fourth-order valence-electron chi connectivity index (χ4n) is 5.19. The maximum atomic E-state index is 13.9. The van der Waals surface area contributed by atoms with Crippen LogP contribution in [-0.2, 0) is 32.0 Å². The first-order valence-electron chi connectivity index (χ1n) is 13.8. The van der Waals surface area contributed by atoms with Crippen molar-refractivity contribution in [3.63, 3.8) is 0 Å². The van der Waals surface area contributed by atoms with Gasteiger partial charge in [0.2, 0.25) is 11.8 Å². The lowest BCUT2D eigenvalue weighted by Crippen LogP contribution is -2.56. The molecule has 1 aliphatic rings. The lowest BCUT2D eigenvalue weighted by Gasteiger charge is -2.31. The summed E-state index contributed by atoms with van der Waals surface area (Å²) in [5, 5.41) is 13.8. The predicted octanol–water partition coefficient (Wildman–Crippen LogP) is 3.75. The molecular formula is C31H38N4O6. The summed E-state index contributed by atoms with van der Waals surface area (Å²) in [5.41, 5.74) is 1.74. The minimum atomic E-state index is -1.14. The van der Waals surface area contributed by atoms with Crippen LogP contribution in [0, 0.1) is 0 Å². The first-order valence-corrected chi connectivity index (χ1v) is 13.8. The summed E-state index contributed by atoms with van der Waals surface area (Å²) in [7, 11) is 1.45. The van der Waals surface area contributed by atoms with Gasteiger partial charge in [0.05, 0.1) is 0 Å². The second-order valence-corrected chi connectivity index (χ2v) is 11.4. The number of H-pyrrole nitrogens is 1. The normalized spacial score (nSPS) is 16.7. The predicted molar refractivity (Wildman–Crippen MR) is 154 cm³/mol.